The second kappa shape index (κ2) is 7.53. The Kier molecular flexibility index (Phi) is 5.46. The van der Waals surface area contributed by atoms with Gasteiger partial charge in [0, 0.05) is 12.7 Å². The summed E-state index contributed by atoms with van der Waals surface area (Å²) in [5, 5.41) is 3.10. The van der Waals surface area contributed by atoms with Crippen LogP contribution in [0.1, 0.15) is 49.3 Å². The largest absolute Gasteiger partial charge is 0.418 e. The van der Waals surface area contributed by atoms with Crippen LogP contribution in [0.3, 0.4) is 0 Å². The molecule has 2 radical (unpaired) electrons. The predicted molar refractivity (Wildman–Crippen MR) is 109 cm³/mol. The number of benzene rings is 2. The molecule has 0 fully saturated rings. The van der Waals surface area contributed by atoms with Crippen molar-refractivity contribution in [1.29, 1.82) is 0 Å². The van der Waals surface area contributed by atoms with Crippen molar-refractivity contribution >= 4 is 36.0 Å². The molecule has 0 spiro atoms. The molecule has 0 saturated carbocycles. The van der Waals surface area contributed by atoms with E-state index in [0.29, 0.717) is 22.6 Å². The van der Waals surface area contributed by atoms with E-state index in [0.717, 1.165) is 30.0 Å². The number of anilines is 2. The Bertz CT molecular complexity index is 1000. The number of imidazole rings is 1. The minimum Gasteiger partial charge on any atom is -0.326 e. The van der Waals surface area contributed by atoms with E-state index in [1.807, 2.05) is 32.9 Å². The Hall–Kier alpha value is -2.44. The average molecular weight is 385 g/mol. The Labute approximate surface area is 164 Å². The quantitative estimate of drug-likeness (QED) is 0.601. The lowest BCUT2D eigenvalue weighted by Gasteiger charge is -2.17. The molecule has 3 aromatic rings. The molecule has 0 saturated heterocycles. The van der Waals surface area contributed by atoms with Gasteiger partial charge in [-0.1, -0.05) is 43.1 Å². The minimum atomic E-state index is -4.47. The third-order valence-electron chi connectivity index (χ3n) is 5.24. The zero-order chi connectivity index (χ0) is 20.6. The van der Waals surface area contributed by atoms with E-state index in [1.54, 1.807) is 23.7 Å². The molecule has 7 heteroatoms. The van der Waals surface area contributed by atoms with E-state index in [2.05, 4.69) is 10.3 Å². The summed E-state index contributed by atoms with van der Waals surface area (Å²) in [6.45, 7) is 6.01. The van der Waals surface area contributed by atoms with Crippen molar-refractivity contribution in [1.82, 2.24) is 9.55 Å². The van der Waals surface area contributed by atoms with Gasteiger partial charge >= 0.3 is 6.18 Å². The molecule has 0 bridgehead atoms. The number of hydrogen-bond acceptors (Lipinski definition) is 2. The lowest BCUT2D eigenvalue weighted by atomic mass is 9.91. The molecule has 3 nitrogen and oxygen atoms in total. The van der Waals surface area contributed by atoms with Crippen molar-refractivity contribution in [3.8, 4) is 0 Å². The highest BCUT2D eigenvalue weighted by Crippen LogP contribution is 2.39. The number of halogens is 3. The Morgan fingerprint density at radius 2 is 1.82 bits per heavy atom. The first-order valence-electron chi connectivity index (χ1n) is 9.37. The van der Waals surface area contributed by atoms with Crippen LogP contribution in [0.5, 0.6) is 0 Å². The van der Waals surface area contributed by atoms with Gasteiger partial charge in [0.2, 0.25) is 5.95 Å². The highest BCUT2D eigenvalue weighted by Gasteiger charge is 2.35. The summed E-state index contributed by atoms with van der Waals surface area (Å²) in [6, 6.07) is 8.23. The van der Waals surface area contributed by atoms with E-state index in [1.165, 1.54) is 0 Å². The van der Waals surface area contributed by atoms with Gasteiger partial charge in [-0.15, -0.1) is 0 Å². The van der Waals surface area contributed by atoms with Crippen LogP contribution in [-0.2, 0) is 13.2 Å². The summed E-state index contributed by atoms with van der Waals surface area (Å²) in [5.41, 5.74) is 2.77. The summed E-state index contributed by atoms with van der Waals surface area (Å²) in [4.78, 5) is 4.33. The Morgan fingerprint density at radius 1 is 1.14 bits per heavy atom. The molecule has 0 amide bonds. The maximum atomic E-state index is 13.6. The number of rotatable bonds is 5. The summed E-state index contributed by atoms with van der Waals surface area (Å²) in [6.07, 6.45) is -2.79. The molecule has 0 atom stereocenters. The van der Waals surface area contributed by atoms with Gasteiger partial charge in [0.05, 0.1) is 11.1 Å². The monoisotopic (exact) mass is 385 g/mol. The molecular formula is C21H23BF3N3. The molecule has 146 valence electrons. The lowest BCUT2D eigenvalue weighted by molar-refractivity contribution is -0.136. The van der Waals surface area contributed by atoms with Gasteiger partial charge in [-0.25, -0.2) is 4.98 Å². The molecule has 0 aliphatic carbocycles. The fraction of sp³-hybridized carbons (Fsp3) is 0.381. The first-order chi connectivity index (χ1) is 13.2. The van der Waals surface area contributed by atoms with Crippen LogP contribution < -0.4 is 10.8 Å². The maximum absolute atomic E-state index is 13.6. The van der Waals surface area contributed by atoms with E-state index in [4.69, 9.17) is 7.85 Å². The zero-order valence-corrected chi connectivity index (χ0v) is 16.5. The van der Waals surface area contributed by atoms with Gasteiger partial charge in [-0.2, -0.15) is 13.2 Å². The van der Waals surface area contributed by atoms with Crippen molar-refractivity contribution in [3.63, 3.8) is 0 Å². The van der Waals surface area contributed by atoms with Gasteiger partial charge < -0.3 is 9.88 Å². The van der Waals surface area contributed by atoms with Gasteiger partial charge in [0.15, 0.2) is 0 Å². The molecule has 3 rings (SSSR count). The molecule has 0 aliphatic rings. The van der Waals surface area contributed by atoms with Crippen LogP contribution in [0.15, 0.2) is 30.3 Å². The topological polar surface area (TPSA) is 29.9 Å². The van der Waals surface area contributed by atoms with E-state index in [-0.39, 0.29) is 11.4 Å². The van der Waals surface area contributed by atoms with E-state index >= 15 is 0 Å². The van der Waals surface area contributed by atoms with E-state index in [9.17, 15) is 13.2 Å². The molecule has 0 aliphatic heterocycles. The zero-order valence-electron chi connectivity index (χ0n) is 16.5. The first kappa shape index (κ1) is 20.3. The number of aryl methyl sites for hydroxylation is 2. The van der Waals surface area contributed by atoms with Crippen molar-refractivity contribution < 1.29 is 13.2 Å². The molecular weight excluding hydrogens is 362 g/mol. The SMILES string of the molecule is [B]c1cc(C)ccc1Nc1nc2c(C(F)(F)F)ccc(C(CC)CC)c2n1C. The number of aromatic nitrogens is 2. The predicted octanol–water partition coefficient (Wildman–Crippen LogP) is 5.34. The Morgan fingerprint density at radius 3 is 2.39 bits per heavy atom. The highest BCUT2D eigenvalue weighted by atomic mass is 19.4. The second-order valence-corrected chi connectivity index (χ2v) is 7.12. The second-order valence-electron chi connectivity index (χ2n) is 7.12. The molecule has 1 N–H and O–H groups in total. The van der Waals surface area contributed by atoms with Gasteiger partial charge in [-0.3, -0.25) is 0 Å². The van der Waals surface area contributed by atoms with Crippen LogP contribution in [-0.4, -0.2) is 17.4 Å². The van der Waals surface area contributed by atoms with Crippen LogP contribution in [0.25, 0.3) is 11.0 Å². The van der Waals surface area contributed by atoms with Crippen LogP contribution in [0.2, 0.25) is 0 Å². The number of nitrogens with zero attached hydrogens (tertiary/aromatic N) is 2. The Balaban J connectivity index is 2.22. The average Bonchev–Trinajstić information content (AvgIpc) is 2.94. The fourth-order valence-electron chi connectivity index (χ4n) is 3.66. The molecule has 1 aromatic heterocycles. The maximum Gasteiger partial charge on any atom is 0.418 e. The molecule has 2 aromatic carbocycles. The van der Waals surface area contributed by atoms with Gasteiger partial charge in [-0.05, 0) is 43.4 Å². The van der Waals surface area contributed by atoms with Crippen molar-refractivity contribution in [2.75, 3.05) is 5.32 Å². The smallest absolute Gasteiger partial charge is 0.326 e. The normalized spacial score (nSPS) is 12.1. The number of nitrogens with one attached hydrogen (secondary N) is 1. The summed E-state index contributed by atoms with van der Waals surface area (Å²) in [5.74, 6) is 0.493. The van der Waals surface area contributed by atoms with Gasteiger partial charge in [0.25, 0.3) is 0 Å². The van der Waals surface area contributed by atoms with Crippen LogP contribution in [0, 0.1) is 6.92 Å². The minimum absolute atomic E-state index is 0.0346. The third kappa shape index (κ3) is 3.62. The third-order valence-corrected chi connectivity index (χ3v) is 5.24. The number of alkyl halides is 3. The van der Waals surface area contributed by atoms with Crippen LogP contribution in [0.4, 0.5) is 24.8 Å². The molecule has 28 heavy (non-hydrogen) atoms. The number of fused-ring (bicyclic) bond motifs is 1. The fourth-order valence-corrected chi connectivity index (χ4v) is 3.66. The summed E-state index contributed by atoms with van der Waals surface area (Å²) in [7, 11) is 7.78. The standard InChI is InChI=1S/C21H23BF3N3/c1-5-13(6-2)14-8-9-15(21(23,24)25)18-19(14)28(4)20(27-18)26-17-10-7-12(3)11-16(17)22/h7-11,13H,5-6H2,1-4H3,(H,26,27). The molecule has 1 heterocycles. The van der Waals surface area contributed by atoms with Gasteiger partial charge in [0.1, 0.15) is 13.4 Å². The summed E-state index contributed by atoms with van der Waals surface area (Å²) < 4.78 is 42.5. The van der Waals surface area contributed by atoms with E-state index < -0.39 is 11.7 Å². The van der Waals surface area contributed by atoms with Crippen LogP contribution >= 0.6 is 0 Å². The van der Waals surface area contributed by atoms with Crippen molar-refractivity contribution in [3.05, 3.63) is 47.0 Å². The first-order valence-corrected chi connectivity index (χ1v) is 9.37. The van der Waals surface area contributed by atoms with Crippen molar-refractivity contribution in [2.24, 2.45) is 7.05 Å². The van der Waals surface area contributed by atoms with Crippen molar-refractivity contribution in [2.45, 2.75) is 45.7 Å². The summed E-state index contributed by atoms with van der Waals surface area (Å²) >= 11 is 0. The molecule has 0 unspecified atom stereocenters. The highest BCUT2D eigenvalue weighted by molar-refractivity contribution is 6.36. The number of hydrogen-bond donors (Lipinski definition) is 1. The lowest BCUT2D eigenvalue weighted by Crippen LogP contribution is -2.12.